The van der Waals surface area contributed by atoms with E-state index in [-0.39, 0.29) is 5.91 Å². The van der Waals surface area contributed by atoms with Crippen molar-refractivity contribution < 1.29 is 9.69 Å². The van der Waals surface area contributed by atoms with E-state index in [0.717, 1.165) is 49.7 Å². The normalized spacial score (nSPS) is 14.9. The van der Waals surface area contributed by atoms with Crippen molar-refractivity contribution in [2.45, 2.75) is 26.9 Å². The van der Waals surface area contributed by atoms with Crippen LogP contribution in [0.3, 0.4) is 0 Å². The van der Waals surface area contributed by atoms with E-state index in [1.807, 2.05) is 41.6 Å². The first kappa shape index (κ1) is 19.4. The number of amides is 1. The number of carbonyl (C=O) groups is 1. The summed E-state index contributed by atoms with van der Waals surface area (Å²) in [4.78, 5) is 16.8. The molecule has 0 saturated carbocycles. The van der Waals surface area contributed by atoms with Crippen molar-refractivity contribution in [3.05, 3.63) is 88.7 Å². The predicted molar refractivity (Wildman–Crippen MR) is 114 cm³/mol. The lowest BCUT2D eigenvalue weighted by molar-refractivity contribution is -0.917. The van der Waals surface area contributed by atoms with Gasteiger partial charge in [-0.2, -0.15) is 5.10 Å². The molecule has 29 heavy (non-hydrogen) atoms. The second-order valence-electron chi connectivity index (χ2n) is 7.89. The number of nitrogens with one attached hydrogen (secondary N) is 1. The van der Waals surface area contributed by atoms with Gasteiger partial charge in [0.25, 0.3) is 5.91 Å². The summed E-state index contributed by atoms with van der Waals surface area (Å²) < 4.78 is 1.95. The Kier molecular flexibility index (Phi) is 5.76. The molecule has 5 nitrogen and oxygen atoms in total. The molecule has 1 aromatic heterocycles. The average Bonchev–Trinajstić information content (AvgIpc) is 3.02. The van der Waals surface area contributed by atoms with Crippen LogP contribution >= 0.6 is 0 Å². The molecule has 4 rings (SSSR count). The zero-order chi connectivity index (χ0) is 20.2. The highest BCUT2D eigenvalue weighted by Crippen LogP contribution is 2.17. The predicted octanol–water partition coefficient (Wildman–Crippen LogP) is 2.09. The lowest BCUT2D eigenvalue weighted by Crippen LogP contribution is -3.13. The highest BCUT2D eigenvalue weighted by Gasteiger charge is 2.28. The average molecular weight is 390 g/mol. The van der Waals surface area contributed by atoms with Crippen molar-refractivity contribution in [2.24, 2.45) is 0 Å². The third-order valence-electron chi connectivity index (χ3n) is 5.83. The van der Waals surface area contributed by atoms with E-state index in [1.165, 1.54) is 16.0 Å². The van der Waals surface area contributed by atoms with Crippen LogP contribution in [-0.2, 0) is 13.1 Å². The van der Waals surface area contributed by atoms with Gasteiger partial charge in [-0.1, -0.05) is 60.7 Å². The van der Waals surface area contributed by atoms with Crippen LogP contribution in [0.25, 0.3) is 0 Å². The van der Waals surface area contributed by atoms with Gasteiger partial charge in [0.1, 0.15) is 6.54 Å². The minimum atomic E-state index is 0.123. The monoisotopic (exact) mass is 389 g/mol. The molecule has 0 atom stereocenters. The molecule has 150 valence electrons. The van der Waals surface area contributed by atoms with E-state index in [9.17, 15) is 4.79 Å². The molecule has 2 heterocycles. The second kappa shape index (κ2) is 8.62. The molecular formula is C24H29N4O+. The van der Waals surface area contributed by atoms with Crippen LogP contribution in [-0.4, -0.2) is 46.8 Å². The van der Waals surface area contributed by atoms with Crippen molar-refractivity contribution in [1.29, 1.82) is 0 Å². The van der Waals surface area contributed by atoms with Crippen LogP contribution in [0, 0.1) is 13.8 Å². The summed E-state index contributed by atoms with van der Waals surface area (Å²) >= 11 is 0. The molecule has 1 aliphatic rings. The maximum absolute atomic E-state index is 13.2. The molecular weight excluding hydrogens is 360 g/mol. The summed E-state index contributed by atoms with van der Waals surface area (Å²) in [5.41, 5.74) is 5.09. The van der Waals surface area contributed by atoms with Gasteiger partial charge in [-0.25, -0.2) is 0 Å². The lowest BCUT2D eigenvalue weighted by atomic mass is 10.1. The van der Waals surface area contributed by atoms with Crippen LogP contribution in [0.2, 0.25) is 0 Å². The number of benzene rings is 2. The van der Waals surface area contributed by atoms with Gasteiger partial charge in [0.05, 0.1) is 44.0 Å². The van der Waals surface area contributed by atoms with Crippen LogP contribution in [0.15, 0.2) is 60.7 Å². The second-order valence-corrected chi connectivity index (χ2v) is 7.89. The van der Waals surface area contributed by atoms with Crippen molar-refractivity contribution in [2.75, 3.05) is 26.2 Å². The number of aryl methyl sites for hydroxylation is 1. The Morgan fingerprint density at radius 1 is 0.931 bits per heavy atom. The summed E-state index contributed by atoms with van der Waals surface area (Å²) in [5, 5.41) is 4.66. The molecule has 2 aromatic carbocycles. The van der Waals surface area contributed by atoms with Crippen LogP contribution in [0.5, 0.6) is 0 Å². The largest absolute Gasteiger partial charge is 0.328 e. The minimum Gasteiger partial charge on any atom is -0.328 e. The first-order valence-electron chi connectivity index (χ1n) is 10.4. The summed E-state index contributed by atoms with van der Waals surface area (Å²) in [6.45, 7) is 9.22. The van der Waals surface area contributed by atoms with Gasteiger partial charge < -0.3 is 9.80 Å². The molecule has 0 unspecified atom stereocenters. The number of hydrogen-bond donors (Lipinski definition) is 1. The molecule has 1 fully saturated rings. The summed E-state index contributed by atoms with van der Waals surface area (Å²) in [5.74, 6) is 0.123. The van der Waals surface area contributed by atoms with E-state index in [4.69, 9.17) is 0 Å². The lowest BCUT2D eigenvalue weighted by Gasteiger charge is -2.32. The Morgan fingerprint density at radius 3 is 2.14 bits per heavy atom. The summed E-state index contributed by atoms with van der Waals surface area (Å²) in [7, 11) is 0. The van der Waals surface area contributed by atoms with E-state index in [0.29, 0.717) is 6.54 Å². The Hall–Kier alpha value is -2.92. The minimum absolute atomic E-state index is 0.123. The van der Waals surface area contributed by atoms with Crippen LogP contribution in [0.4, 0.5) is 0 Å². The van der Waals surface area contributed by atoms with E-state index < -0.39 is 0 Å². The molecule has 5 heteroatoms. The van der Waals surface area contributed by atoms with Gasteiger partial charge in [0.2, 0.25) is 0 Å². The third-order valence-corrected chi connectivity index (χ3v) is 5.83. The van der Waals surface area contributed by atoms with E-state index in [2.05, 4.69) is 47.6 Å². The number of quaternary nitrogens is 1. The molecule has 1 aliphatic heterocycles. The van der Waals surface area contributed by atoms with Gasteiger partial charge in [-0.3, -0.25) is 9.48 Å². The molecule has 3 aromatic rings. The Balaban J connectivity index is 1.41. The highest BCUT2D eigenvalue weighted by atomic mass is 16.2. The number of piperazine rings is 1. The molecule has 0 radical (unpaired) electrons. The Morgan fingerprint density at radius 2 is 1.52 bits per heavy atom. The van der Waals surface area contributed by atoms with Gasteiger partial charge in [0.15, 0.2) is 0 Å². The Bertz CT molecular complexity index is 957. The zero-order valence-electron chi connectivity index (χ0n) is 17.3. The smallest absolute Gasteiger partial charge is 0.258 e. The van der Waals surface area contributed by atoms with Gasteiger partial charge >= 0.3 is 0 Å². The van der Waals surface area contributed by atoms with Gasteiger partial charge in [-0.05, 0) is 19.4 Å². The number of carbonyl (C=O) groups excluding carboxylic acids is 1. The Labute approximate surface area is 172 Å². The summed E-state index contributed by atoms with van der Waals surface area (Å²) in [6.07, 6.45) is 0. The fourth-order valence-corrected chi connectivity index (χ4v) is 4.16. The molecule has 1 amide bonds. The van der Waals surface area contributed by atoms with Crippen molar-refractivity contribution in [1.82, 2.24) is 14.7 Å². The fraction of sp³-hybridized carbons (Fsp3) is 0.333. The SMILES string of the molecule is Cc1nn(Cc2ccccc2)c(C)c1C(=O)N1CC[NH+](Cc2ccccc2)CC1. The number of aromatic nitrogens is 2. The third kappa shape index (κ3) is 4.40. The quantitative estimate of drug-likeness (QED) is 0.726. The molecule has 1 N–H and O–H groups in total. The number of nitrogens with zero attached hydrogens (tertiary/aromatic N) is 3. The fourth-order valence-electron chi connectivity index (χ4n) is 4.16. The molecule has 0 spiro atoms. The van der Waals surface area contributed by atoms with Crippen molar-refractivity contribution in [3.8, 4) is 0 Å². The number of hydrogen-bond acceptors (Lipinski definition) is 2. The van der Waals surface area contributed by atoms with E-state index in [1.54, 1.807) is 0 Å². The standard InChI is InChI=1S/C24H28N4O/c1-19-23(20(2)28(25-19)18-22-11-7-4-8-12-22)24(29)27-15-13-26(14-16-27)17-21-9-5-3-6-10-21/h3-12H,13-18H2,1-2H3/p+1. The topological polar surface area (TPSA) is 42.6 Å². The maximum atomic E-state index is 13.2. The highest BCUT2D eigenvalue weighted by molar-refractivity contribution is 5.96. The van der Waals surface area contributed by atoms with Crippen molar-refractivity contribution >= 4 is 5.91 Å². The van der Waals surface area contributed by atoms with Crippen molar-refractivity contribution in [3.63, 3.8) is 0 Å². The number of rotatable bonds is 5. The molecule has 0 bridgehead atoms. The molecule has 0 aliphatic carbocycles. The van der Waals surface area contributed by atoms with E-state index >= 15 is 0 Å². The van der Waals surface area contributed by atoms with Gasteiger partial charge in [0, 0.05) is 11.3 Å². The van der Waals surface area contributed by atoms with Gasteiger partial charge in [-0.15, -0.1) is 0 Å². The first-order chi connectivity index (χ1) is 14.1. The van der Waals surface area contributed by atoms with Crippen LogP contribution in [0.1, 0.15) is 32.9 Å². The summed E-state index contributed by atoms with van der Waals surface area (Å²) in [6, 6.07) is 20.8. The zero-order valence-corrected chi connectivity index (χ0v) is 17.3. The van der Waals surface area contributed by atoms with Crippen LogP contribution < -0.4 is 4.90 Å². The maximum Gasteiger partial charge on any atom is 0.258 e. The first-order valence-corrected chi connectivity index (χ1v) is 10.4. The molecule has 1 saturated heterocycles.